The van der Waals surface area contributed by atoms with E-state index in [1.807, 2.05) is 24.3 Å². The molecule has 3 nitrogen and oxygen atoms in total. The molecule has 1 aliphatic rings. The fourth-order valence-corrected chi connectivity index (χ4v) is 2.14. The smallest absolute Gasteiger partial charge is 0.267 e. The molecule has 0 radical (unpaired) electrons. The van der Waals surface area contributed by atoms with Crippen molar-refractivity contribution in [1.29, 1.82) is 0 Å². The van der Waals surface area contributed by atoms with Gasteiger partial charge in [-0.1, -0.05) is 17.7 Å². The number of carbonyl (C=O) groups excluding carboxylic acids is 1. The van der Waals surface area contributed by atoms with E-state index >= 15 is 0 Å². The molecule has 1 N–H and O–H groups in total. The van der Waals surface area contributed by atoms with Crippen molar-refractivity contribution in [3.05, 3.63) is 46.0 Å². The number of nitrogens with one attached hydrogen (secondary N) is 1. The van der Waals surface area contributed by atoms with Gasteiger partial charge in [-0.3, -0.25) is 4.79 Å². The molecule has 0 heterocycles. The number of amides is 1. The minimum Gasteiger partial charge on any atom is -0.267 e. The van der Waals surface area contributed by atoms with Crippen LogP contribution in [0.1, 0.15) is 30.1 Å². The Labute approximate surface area is 109 Å². The maximum absolute atomic E-state index is 11.8. The first-order valence-corrected chi connectivity index (χ1v) is 6.25. The molecule has 0 saturated heterocycles. The first-order chi connectivity index (χ1) is 8.16. The van der Waals surface area contributed by atoms with Gasteiger partial charge < -0.3 is 0 Å². The highest BCUT2D eigenvalue weighted by atomic mass is 79.9. The number of hydrogen-bond donors (Lipinski definition) is 1. The van der Waals surface area contributed by atoms with Gasteiger partial charge in [0.1, 0.15) is 0 Å². The zero-order valence-corrected chi connectivity index (χ0v) is 11.1. The van der Waals surface area contributed by atoms with Gasteiger partial charge in [0.05, 0.1) is 11.3 Å². The van der Waals surface area contributed by atoms with Crippen LogP contribution in [0.3, 0.4) is 0 Å². The van der Waals surface area contributed by atoms with Gasteiger partial charge in [0.25, 0.3) is 5.91 Å². The lowest BCUT2D eigenvalue weighted by atomic mass is 10.2. The molecule has 0 aliphatic heterocycles. The molecule has 1 aromatic rings. The molecule has 17 heavy (non-hydrogen) atoms. The first kappa shape index (κ1) is 12.0. The van der Waals surface area contributed by atoms with Crippen molar-refractivity contribution in [2.75, 3.05) is 0 Å². The summed E-state index contributed by atoms with van der Waals surface area (Å²) in [6, 6.07) is 7.29. The lowest BCUT2D eigenvalue weighted by Crippen LogP contribution is -2.19. The summed E-state index contributed by atoms with van der Waals surface area (Å²) in [6.45, 7) is 2.07. The van der Waals surface area contributed by atoms with E-state index in [1.165, 1.54) is 5.57 Å². The summed E-state index contributed by atoms with van der Waals surface area (Å²) in [5, 5.41) is 4.11. The number of rotatable bonds is 2. The average Bonchev–Trinajstić information content (AvgIpc) is 2.73. The van der Waals surface area contributed by atoms with Crippen LogP contribution in [-0.2, 0) is 0 Å². The van der Waals surface area contributed by atoms with E-state index in [0.29, 0.717) is 5.56 Å². The summed E-state index contributed by atoms with van der Waals surface area (Å²) in [4.78, 5) is 11.8. The highest BCUT2D eigenvalue weighted by molar-refractivity contribution is 9.10. The van der Waals surface area contributed by atoms with Gasteiger partial charge in [0.2, 0.25) is 0 Å². The first-order valence-electron chi connectivity index (χ1n) is 5.45. The van der Waals surface area contributed by atoms with Crippen molar-refractivity contribution in [3.63, 3.8) is 0 Å². The molecular weight excluding hydrogens is 280 g/mol. The number of hydrogen-bond acceptors (Lipinski definition) is 2. The van der Waals surface area contributed by atoms with E-state index in [2.05, 4.69) is 33.4 Å². The second kappa shape index (κ2) is 5.27. The van der Waals surface area contributed by atoms with E-state index < -0.39 is 0 Å². The van der Waals surface area contributed by atoms with E-state index in [9.17, 15) is 4.79 Å². The molecule has 0 saturated carbocycles. The molecule has 2 rings (SSSR count). The third-order valence-corrected chi connectivity index (χ3v) is 3.30. The van der Waals surface area contributed by atoms with Crippen LogP contribution in [-0.4, -0.2) is 11.6 Å². The third kappa shape index (κ3) is 3.03. The van der Waals surface area contributed by atoms with Crippen molar-refractivity contribution >= 4 is 27.5 Å². The van der Waals surface area contributed by atoms with Crippen LogP contribution >= 0.6 is 15.9 Å². The quantitative estimate of drug-likeness (QED) is 0.835. The minimum atomic E-state index is -0.192. The van der Waals surface area contributed by atoms with Crippen LogP contribution in [0.2, 0.25) is 0 Å². The van der Waals surface area contributed by atoms with Gasteiger partial charge in [-0.05, 0) is 53.9 Å². The molecule has 0 aromatic heterocycles. The monoisotopic (exact) mass is 292 g/mol. The Kier molecular flexibility index (Phi) is 3.74. The lowest BCUT2D eigenvalue weighted by Gasteiger charge is -2.02. The van der Waals surface area contributed by atoms with Crippen LogP contribution in [0.4, 0.5) is 0 Å². The largest absolute Gasteiger partial charge is 0.272 e. The van der Waals surface area contributed by atoms with Crippen LogP contribution in [0.15, 0.2) is 45.5 Å². The standard InChI is InChI=1S/C13H13BrN2O/c1-9-6-7-10(8-9)15-16-13(17)11-4-2-3-5-12(11)14/h2-5,8H,6-7H2,1H3,(H,16,17)/b15-10+. The highest BCUT2D eigenvalue weighted by Crippen LogP contribution is 2.16. The Morgan fingerprint density at radius 2 is 2.12 bits per heavy atom. The topological polar surface area (TPSA) is 41.5 Å². The highest BCUT2D eigenvalue weighted by Gasteiger charge is 2.10. The van der Waals surface area contributed by atoms with Crippen LogP contribution in [0.5, 0.6) is 0 Å². The van der Waals surface area contributed by atoms with Crippen molar-refractivity contribution < 1.29 is 4.79 Å². The average molecular weight is 293 g/mol. The summed E-state index contributed by atoms with van der Waals surface area (Å²) in [7, 11) is 0. The molecule has 1 amide bonds. The van der Waals surface area contributed by atoms with Crippen LogP contribution in [0, 0.1) is 0 Å². The van der Waals surface area contributed by atoms with Crippen molar-refractivity contribution in [3.8, 4) is 0 Å². The van der Waals surface area contributed by atoms with Gasteiger partial charge in [-0.15, -0.1) is 0 Å². The van der Waals surface area contributed by atoms with E-state index in [4.69, 9.17) is 0 Å². The third-order valence-electron chi connectivity index (χ3n) is 2.61. The number of nitrogens with zero attached hydrogens (tertiary/aromatic N) is 1. The molecule has 0 fully saturated rings. The van der Waals surface area contributed by atoms with E-state index in [1.54, 1.807) is 6.07 Å². The van der Waals surface area contributed by atoms with Crippen LogP contribution in [0.25, 0.3) is 0 Å². The predicted octanol–water partition coefficient (Wildman–Crippen LogP) is 3.28. The number of carbonyl (C=O) groups is 1. The van der Waals surface area contributed by atoms with Gasteiger partial charge in [-0.2, -0.15) is 5.10 Å². The SMILES string of the molecule is CC1=C/C(=N/NC(=O)c2ccccc2Br)CC1. The molecular formula is C13H13BrN2O. The summed E-state index contributed by atoms with van der Waals surface area (Å²) in [5.41, 5.74) is 5.41. The lowest BCUT2D eigenvalue weighted by molar-refractivity contribution is 0.0954. The Morgan fingerprint density at radius 3 is 2.76 bits per heavy atom. The minimum absolute atomic E-state index is 0.192. The number of hydrazone groups is 1. The zero-order chi connectivity index (χ0) is 12.3. The fourth-order valence-electron chi connectivity index (χ4n) is 1.67. The van der Waals surface area contributed by atoms with E-state index in [0.717, 1.165) is 23.0 Å². The molecule has 88 valence electrons. The molecule has 0 bridgehead atoms. The van der Waals surface area contributed by atoms with Gasteiger partial charge in [-0.25, -0.2) is 5.43 Å². The Morgan fingerprint density at radius 1 is 1.35 bits per heavy atom. The molecule has 1 aliphatic carbocycles. The molecule has 0 spiro atoms. The van der Waals surface area contributed by atoms with Crippen molar-refractivity contribution in [1.82, 2.24) is 5.43 Å². The number of benzene rings is 1. The number of halogens is 1. The number of allylic oxidation sites excluding steroid dienone is 2. The molecule has 0 atom stereocenters. The molecule has 1 aromatic carbocycles. The van der Waals surface area contributed by atoms with Crippen molar-refractivity contribution in [2.45, 2.75) is 19.8 Å². The summed E-state index contributed by atoms with van der Waals surface area (Å²) >= 11 is 3.34. The molecule has 0 unspecified atom stereocenters. The van der Waals surface area contributed by atoms with Gasteiger partial charge in [0.15, 0.2) is 0 Å². The second-order valence-electron chi connectivity index (χ2n) is 4.01. The summed E-state index contributed by atoms with van der Waals surface area (Å²) < 4.78 is 0.774. The maximum atomic E-state index is 11.8. The normalized spacial score (nSPS) is 17.1. The Bertz CT molecular complexity index is 506. The molecule has 4 heteroatoms. The Balaban J connectivity index is 2.06. The maximum Gasteiger partial charge on any atom is 0.272 e. The van der Waals surface area contributed by atoms with E-state index in [-0.39, 0.29) is 5.91 Å². The second-order valence-corrected chi connectivity index (χ2v) is 4.87. The van der Waals surface area contributed by atoms with Crippen molar-refractivity contribution in [2.24, 2.45) is 5.10 Å². The van der Waals surface area contributed by atoms with Crippen LogP contribution < -0.4 is 5.43 Å². The Hall–Kier alpha value is -1.42. The van der Waals surface area contributed by atoms with Gasteiger partial charge in [0, 0.05) is 4.47 Å². The summed E-state index contributed by atoms with van der Waals surface area (Å²) in [5.74, 6) is -0.192. The predicted molar refractivity (Wildman–Crippen MR) is 72.0 cm³/mol. The zero-order valence-electron chi connectivity index (χ0n) is 9.53. The summed E-state index contributed by atoms with van der Waals surface area (Å²) in [6.07, 6.45) is 3.95. The van der Waals surface area contributed by atoms with Gasteiger partial charge >= 0.3 is 0 Å². The fraction of sp³-hybridized carbons (Fsp3) is 0.231.